The van der Waals surface area contributed by atoms with Gasteiger partial charge in [0.2, 0.25) is 0 Å². The molecule has 112 valence electrons. The molecule has 0 fully saturated rings. The van der Waals surface area contributed by atoms with Gasteiger partial charge in [0.1, 0.15) is 11.6 Å². The van der Waals surface area contributed by atoms with Crippen LogP contribution in [0.5, 0.6) is 0 Å². The van der Waals surface area contributed by atoms with Crippen LogP contribution >= 0.6 is 12.2 Å². The van der Waals surface area contributed by atoms with Gasteiger partial charge in [-0.1, -0.05) is 12.2 Å². The molecular weight excluding hydrogens is 291 g/mol. The van der Waals surface area contributed by atoms with E-state index in [0.717, 1.165) is 5.69 Å². The topological polar surface area (TPSA) is 60.2 Å². The number of thiocarbonyl (C=S) groups is 1. The Hall–Kier alpha value is -1.41. The number of ether oxygens (including phenoxy) is 1. The van der Waals surface area contributed by atoms with E-state index in [1.54, 1.807) is 13.0 Å². The van der Waals surface area contributed by atoms with Gasteiger partial charge in [0.15, 0.2) is 0 Å². The normalized spacial score (nSPS) is 11.4. The summed E-state index contributed by atoms with van der Waals surface area (Å²) in [4.78, 5) is 4.43. The number of anilines is 1. The maximum Gasteiger partial charge on any atom is 0.411 e. The Morgan fingerprint density at radius 3 is 2.65 bits per heavy atom. The number of nitrogens with two attached hydrogens (primary N) is 1. The van der Waals surface area contributed by atoms with Gasteiger partial charge in [0, 0.05) is 23.6 Å². The van der Waals surface area contributed by atoms with E-state index in [9.17, 15) is 13.2 Å². The standard InChI is InChI=1S/C12H16F3N3OS/c1-7-5-9(10(11(16)20)8(2)18-7)17-3-4-19-6-12(13,14)15/h5H,3-4,6H2,1-2H3,(H2,16,20)(H,17,18). The van der Waals surface area contributed by atoms with Crippen molar-refractivity contribution in [1.29, 1.82) is 0 Å². The molecule has 4 nitrogen and oxygen atoms in total. The second kappa shape index (κ2) is 6.85. The van der Waals surface area contributed by atoms with Crippen molar-refractivity contribution in [1.82, 2.24) is 4.98 Å². The molecule has 0 unspecified atom stereocenters. The summed E-state index contributed by atoms with van der Waals surface area (Å²) < 4.78 is 40.2. The Labute approximate surface area is 120 Å². The third kappa shape index (κ3) is 5.30. The summed E-state index contributed by atoms with van der Waals surface area (Å²) in [5.41, 5.74) is 8.32. The molecule has 8 heteroatoms. The molecule has 0 aliphatic carbocycles. The number of aryl methyl sites for hydroxylation is 2. The maximum absolute atomic E-state index is 11.9. The average molecular weight is 307 g/mol. The summed E-state index contributed by atoms with van der Waals surface area (Å²) in [6.07, 6.45) is -4.31. The number of alkyl halides is 3. The molecule has 1 aromatic heterocycles. The van der Waals surface area contributed by atoms with Crippen molar-refractivity contribution in [2.45, 2.75) is 20.0 Å². The van der Waals surface area contributed by atoms with Crippen molar-refractivity contribution in [2.75, 3.05) is 25.1 Å². The second-order valence-corrected chi connectivity index (χ2v) is 4.67. The third-order valence-electron chi connectivity index (χ3n) is 2.40. The van der Waals surface area contributed by atoms with Crippen molar-refractivity contribution in [2.24, 2.45) is 5.73 Å². The number of aromatic nitrogens is 1. The van der Waals surface area contributed by atoms with Crippen LogP contribution in [-0.2, 0) is 4.74 Å². The lowest BCUT2D eigenvalue weighted by Crippen LogP contribution is -2.21. The molecule has 0 aliphatic rings. The fraction of sp³-hybridized carbons (Fsp3) is 0.500. The average Bonchev–Trinajstić information content (AvgIpc) is 2.25. The van der Waals surface area contributed by atoms with Gasteiger partial charge in [0.05, 0.1) is 12.2 Å². The lowest BCUT2D eigenvalue weighted by molar-refractivity contribution is -0.172. The van der Waals surface area contributed by atoms with Crippen LogP contribution in [0, 0.1) is 13.8 Å². The van der Waals surface area contributed by atoms with Crippen LogP contribution in [-0.4, -0.2) is 35.9 Å². The van der Waals surface area contributed by atoms with Gasteiger partial charge in [-0.2, -0.15) is 13.2 Å². The second-order valence-electron chi connectivity index (χ2n) is 4.23. The minimum absolute atomic E-state index is 0.0727. The van der Waals surface area contributed by atoms with Crippen LogP contribution in [0.25, 0.3) is 0 Å². The van der Waals surface area contributed by atoms with Gasteiger partial charge < -0.3 is 15.8 Å². The van der Waals surface area contributed by atoms with Crippen LogP contribution in [0.4, 0.5) is 18.9 Å². The molecule has 1 rings (SSSR count). The van der Waals surface area contributed by atoms with E-state index in [0.29, 0.717) is 16.9 Å². The van der Waals surface area contributed by atoms with Crippen molar-refractivity contribution in [3.05, 3.63) is 23.0 Å². The Morgan fingerprint density at radius 2 is 2.10 bits per heavy atom. The summed E-state index contributed by atoms with van der Waals surface area (Å²) in [6.45, 7) is 2.46. The number of nitrogens with zero attached hydrogens (tertiary/aromatic N) is 1. The molecule has 1 heterocycles. The summed E-state index contributed by atoms with van der Waals surface area (Å²) in [7, 11) is 0. The minimum atomic E-state index is -4.31. The van der Waals surface area contributed by atoms with Gasteiger partial charge in [0.25, 0.3) is 0 Å². The van der Waals surface area contributed by atoms with Gasteiger partial charge in [-0.3, -0.25) is 4.98 Å². The van der Waals surface area contributed by atoms with Crippen LogP contribution in [0.15, 0.2) is 6.07 Å². The first-order valence-corrected chi connectivity index (χ1v) is 6.28. The van der Waals surface area contributed by atoms with Crippen molar-refractivity contribution in [3.8, 4) is 0 Å². The molecule has 3 N–H and O–H groups in total. The highest BCUT2D eigenvalue weighted by molar-refractivity contribution is 7.80. The van der Waals surface area contributed by atoms with E-state index in [4.69, 9.17) is 18.0 Å². The lowest BCUT2D eigenvalue weighted by Gasteiger charge is -2.14. The number of halogens is 3. The zero-order valence-electron chi connectivity index (χ0n) is 11.2. The Balaban J connectivity index is 2.62. The number of rotatable bonds is 6. The third-order valence-corrected chi connectivity index (χ3v) is 2.61. The Kier molecular flexibility index (Phi) is 5.70. The number of nitrogens with one attached hydrogen (secondary N) is 1. The van der Waals surface area contributed by atoms with Crippen LogP contribution < -0.4 is 11.1 Å². The van der Waals surface area contributed by atoms with E-state index < -0.39 is 12.8 Å². The van der Waals surface area contributed by atoms with E-state index in [-0.39, 0.29) is 18.1 Å². The zero-order valence-corrected chi connectivity index (χ0v) is 12.0. The molecule has 0 radical (unpaired) electrons. The predicted molar refractivity (Wildman–Crippen MR) is 75.0 cm³/mol. The highest BCUT2D eigenvalue weighted by Gasteiger charge is 2.27. The summed E-state index contributed by atoms with van der Waals surface area (Å²) in [5, 5.41) is 2.96. The van der Waals surface area contributed by atoms with E-state index >= 15 is 0 Å². The smallest absolute Gasteiger partial charge is 0.389 e. The molecule has 1 aromatic rings. The van der Waals surface area contributed by atoms with Gasteiger partial charge in [-0.15, -0.1) is 0 Å². The van der Waals surface area contributed by atoms with Gasteiger partial charge in [-0.25, -0.2) is 0 Å². The van der Waals surface area contributed by atoms with Crippen LogP contribution in [0.1, 0.15) is 17.0 Å². The summed E-state index contributed by atoms with van der Waals surface area (Å²) in [6, 6.07) is 1.74. The molecule has 0 spiro atoms. The fourth-order valence-electron chi connectivity index (χ4n) is 1.72. The summed E-state index contributed by atoms with van der Waals surface area (Å²) in [5.74, 6) is 0. The number of hydrogen-bond acceptors (Lipinski definition) is 4. The van der Waals surface area contributed by atoms with Gasteiger partial charge in [-0.05, 0) is 19.9 Å². The highest BCUT2D eigenvalue weighted by atomic mass is 32.1. The first-order valence-electron chi connectivity index (χ1n) is 5.87. The molecule has 20 heavy (non-hydrogen) atoms. The van der Waals surface area contributed by atoms with E-state index in [1.807, 2.05) is 6.92 Å². The molecule has 0 saturated heterocycles. The Morgan fingerprint density at radius 1 is 1.45 bits per heavy atom. The molecular formula is C12H16F3N3OS. The monoisotopic (exact) mass is 307 g/mol. The van der Waals surface area contributed by atoms with Crippen LogP contribution in [0.2, 0.25) is 0 Å². The zero-order chi connectivity index (χ0) is 15.3. The Bertz CT molecular complexity index is 492. The van der Waals surface area contributed by atoms with Gasteiger partial charge >= 0.3 is 6.18 Å². The van der Waals surface area contributed by atoms with E-state index in [1.165, 1.54) is 0 Å². The molecule has 0 bridgehead atoms. The molecule has 0 aromatic carbocycles. The highest BCUT2D eigenvalue weighted by Crippen LogP contribution is 2.19. The predicted octanol–water partition coefficient (Wildman–Crippen LogP) is 2.32. The fourth-order valence-corrected chi connectivity index (χ4v) is 1.98. The molecule has 0 saturated carbocycles. The molecule has 0 atom stereocenters. The molecule has 0 amide bonds. The maximum atomic E-state index is 11.9. The van der Waals surface area contributed by atoms with Crippen molar-refractivity contribution >= 4 is 22.9 Å². The van der Waals surface area contributed by atoms with Crippen molar-refractivity contribution < 1.29 is 17.9 Å². The van der Waals surface area contributed by atoms with Crippen LogP contribution in [0.3, 0.4) is 0 Å². The SMILES string of the molecule is Cc1cc(NCCOCC(F)(F)F)c(C(N)=S)c(C)n1. The summed E-state index contributed by atoms with van der Waals surface area (Å²) >= 11 is 4.95. The first-order chi connectivity index (χ1) is 9.20. The largest absolute Gasteiger partial charge is 0.411 e. The quantitative estimate of drug-likeness (QED) is 0.624. The lowest BCUT2D eigenvalue weighted by atomic mass is 10.1. The van der Waals surface area contributed by atoms with Crippen molar-refractivity contribution in [3.63, 3.8) is 0 Å². The first kappa shape index (κ1) is 16.6. The number of hydrogen-bond donors (Lipinski definition) is 2. The number of pyridine rings is 1. The molecule has 0 aliphatic heterocycles. The van der Waals surface area contributed by atoms with E-state index in [2.05, 4.69) is 15.0 Å². The minimum Gasteiger partial charge on any atom is -0.389 e.